The molecule has 0 aromatic heterocycles. The molecule has 0 aliphatic heterocycles. The third-order valence-electron chi connectivity index (χ3n) is 2.23. The van der Waals surface area contributed by atoms with Crippen LogP contribution in [0.2, 0.25) is 0 Å². The van der Waals surface area contributed by atoms with Gasteiger partial charge in [0.2, 0.25) is 0 Å². The van der Waals surface area contributed by atoms with Crippen molar-refractivity contribution < 1.29 is 14.3 Å². The van der Waals surface area contributed by atoms with Gasteiger partial charge in [-0.15, -0.1) is 0 Å². The molecule has 102 valence electrons. The minimum absolute atomic E-state index is 0.231. The van der Waals surface area contributed by atoms with E-state index in [1.54, 1.807) is 0 Å². The van der Waals surface area contributed by atoms with Gasteiger partial charge in [0, 0.05) is 12.6 Å². The number of hydrogen-bond donors (Lipinski definition) is 1. The summed E-state index contributed by atoms with van der Waals surface area (Å²) < 4.78 is 10.5. The number of nitrogens with one attached hydrogen (secondary N) is 1. The van der Waals surface area contributed by atoms with Crippen LogP contribution in [0, 0.1) is 5.92 Å². The number of hydrogen-bond acceptors (Lipinski definition) is 4. The van der Waals surface area contributed by atoms with Gasteiger partial charge < -0.3 is 14.8 Å². The third-order valence-corrected chi connectivity index (χ3v) is 2.23. The number of carbonyl (C=O) groups excluding carboxylic acids is 1. The average Bonchev–Trinajstić information content (AvgIpc) is 2.22. The maximum atomic E-state index is 11.6. The van der Waals surface area contributed by atoms with Crippen molar-refractivity contribution in [3.63, 3.8) is 0 Å². The predicted molar refractivity (Wildman–Crippen MR) is 69.0 cm³/mol. The van der Waals surface area contributed by atoms with Crippen LogP contribution in [0.25, 0.3) is 0 Å². The van der Waals surface area contributed by atoms with Crippen molar-refractivity contribution in [2.24, 2.45) is 5.92 Å². The highest BCUT2D eigenvalue weighted by atomic mass is 16.5. The van der Waals surface area contributed by atoms with E-state index < -0.39 is 0 Å². The lowest BCUT2D eigenvalue weighted by molar-refractivity contribution is -0.147. The SMILES string of the molecule is CCOC(=O)C(COCCC(C)C)NC(C)C. The van der Waals surface area contributed by atoms with E-state index in [0.717, 1.165) is 6.42 Å². The van der Waals surface area contributed by atoms with Crippen molar-refractivity contribution in [1.82, 2.24) is 5.32 Å². The van der Waals surface area contributed by atoms with Gasteiger partial charge in [-0.2, -0.15) is 0 Å². The number of ether oxygens (including phenoxy) is 2. The fourth-order valence-corrected chi connectivity index (χ4v) is 1.35. The first-order chi connectivity index (χ1) is 7.97. The summed E-state index contributed by atoms with van der Waals surface area (Å²) in [5.74, 6) is 0.389. The summed E-state index contributed by atoms with van der Waals surface area (Å²) >= 11 is 0. The first kappa shape index (κ1) is 16.4. The summed E-state index contributed by atoms with van der Waals surface area (Å²) in [4.78, 5) is 11.6. The Morgan fingerprint density at radius 3 is 2.35 bits per heavy atom. The van der Waals surface area contributed by atoms with Gasteiger partial charge in [0.15, 0.2) is 0 Å². The smallest absolute Gasteiger partial charge is 0.325 e. The Morgan fingerprint density at radius 1 is 1.24 bits per heavy atom. The number of rotatable bonds is 9. The Kier molecular flexibility index (Phi) is 9.09. The van der Waals surface area contributed by atoms with Gasteiger partial charge in [0.05, 0.1) is 13.2 Å². The molecule has 4 nitrogen and oxygen atoms in total. The molecular formula is C13H27NO3. The zero-order valence-corrected chi connectivity index (χ0v) is 11.8. The van der Waals surface area contributed by atoms with Crippen molar-refractivity contribution >= 4 is 5.97 Å². The van der Waals surface area contributed by atoms with Crippen LogP contribution in [0.1, 0.15) is 41.0 Å². The summed E-state index contributed by atoms with van der Waals surface area (Å²) in [5.41, 5.74) is 0. The molecule has 0 bridgehead atoms. The molecule has 17 heavy (non-hydrogen) atoms. The Morgan fingerprint density at radius 2 is 1.88 bits per heavy atom. The van der Waals surface area contributed by atoms with E-state index in [1.807, 2.05) is 20.8 Å². The van der Waals surface area contributed by atoms with Crippen LogP contribution in [0.5, 0.6) is 0 Å². The standard InChI is InChI=1S/C13H27NO3/c1-6-17-13(15)12(14-11(4)5)9-16-8-7-10(2)3/h10-12,14H,6-9H2,1-5H3. The second kappa shape index (κ2) is 9.42. The molecule has 0 radical (unpaired) electrons. The van der Waals surface area contributed by atoms with Crippen molar-refractivity contribution in [1.29, 1.82) is 0 Å². The monoisotopic (exact) mass is 245 g/mol. The highest BCUT2D eigenvalue weighted by molar-refractivity contribution is 5.75. The first-order valence-corrected chi connectivity index (χ1v) is 6.47. The van der Waals surface area contributed by atoms with Gasteiger partial charge in [0.1, 0.15) is 6.04 Å². The van der Waals surface area contributed by atoms with Gasteiger partial charge in [-0.3, -0.25) is 4.79 Å². The quantitative estimate of drug-likeness (QED) is 0.498. The molecule has 0 aromatic rings. The second-order valence-electron chi connectivity index (χ2n) is 4.88. The van der Waals surface area contributed by atoms with Gasteiger partial charge in [0.25, 0.3) is 0 Å². The second-order valence-corrected chi connectivity index (χ2v) is 4.88. The summed E-state index contributed by atoms with van der Waals surface area (Å²) in [6, 6.07) is -0.125. The highest BCUT2D eigenvalue weighted by Gasteiger charge is 2.20. The predicted octanol–water partition coefficient (Wildman–Crippen LogP) is 1.98. The molecule has 0 aliphatic rings. The first-order valence-electron chi connectivity index (χ1n) is 6.47. The van der Waals surface area contributed by atoms with E-state index in [1.165, 1.54) is 0 Å². The molecule has 0 aromatic carbocycles. The lowest BCUT2D eigenvalue weighted by Crippen LogP contribution is -2.45. The van der Waals surface area contributed by atoms with Crippen LogP contribution in [-0.4, -0.2) is 37.9 Å². The minimum atomic E-state index is -0.359. The molecule has 0 saturated heterocycles. The summed E-state index contributed by atoms with van der Waals surface area (Å²) in [6.07, 6.45) is 1.01. The Labute approximate surface area is 105 Å². The molecule has 1 unspecified atom stereocenters. The van der Waals surface area contributed by atoms with Crippen LogP contribution in [0.4, 0.5) is 0 Å². The van der Waals surface area contributed by atoms with E-state index in [4.69, 9.17) is 9.47 Å². The van der Waals surface area contributed by atoms with Crippen molar-refractivity contribution in [3.05, 3.63) is 0 Å². The van der Waals surface area contributed by atoms with Gasteiger partial charge in [-0.25, -0.2) is 0 Å². The molecule has 1 atom stereocenters. The lowest BCUT2D eigenvalue weighted by Gasteiger charge is -2.19. The van der Waals surface area contributed by atoms with Crippen molar-refractivity contribution in [2.75, 3.05) is 19.8 Å². The Bertz CT molecular complexity index is 205. The van der Waals surface area contributed by atoms with Gasteiger partial charge in [-0.1, -0.05) is 27.7 Å². The summed E-state index contributed by atoms with van der Waals surface area (Å²) in [5, 5.41) is 3.15. The maximum absolute atomic E-state index is 11.6. The minimum Gasteiger partial charge on any atom is -0.465 e. The topological polar surface area (TPSA) is 47.6 Å². The molecule has 0 amide bonds. The average molecular weight is 245 g/mol. The van der Waals surface area contributed by atoms with Crippen LogP contribution in [0.15, 0.2) is 0 Å². The fraction of sp³-hybridized carbons (Fsp3) is 0.923. The molecule has 0 saturated carbocycles. The van der Waals surface area contributed by atoms with E-state index in [2.05, 4.69) is 19.2 Å². The van der Waals surface area contributed by atoms with Crippen LogP contribution in [0.3, 0.4) is 0 Å². The zero-order valence-electron chi connectivity index (χ0n) is 11.8. The van der Waals surface area contributed by atoms with E-state index >= 15 is 0 Å². The van der Waals surface area contributed by atoms with Gasteiger partial charge >= 0.3 is 5.97 Å². The molecule has 0 rings (SSSR count). The number of carbonyl (C=O) groups is 1. The molecule has 4 heteroatoms. The molecule has 0 aliphatic carbocycles. The molecule has 1 N–H and O–H groups in total. The van der Waals surface area contributed by atoms with Crippen LogP contribution in [-0.2, 0) is 14.3 Å². The van der Waals surface area contributed by atoms with Crippen LogP contribution >= 0.6 is 0 Å². The zero-order chi connectivity index (χ0) is 13.3. The van der Waals surface area contributed by atoms with Crippen molar-refractivity contribution in [3.8, 4) is 0 Å². The molecule has 0 heterocycles. The van der Waals surface area contributed by atoms with Crippen LogP contribution < -0.4 is 5.32 Å². The highest BCUT2D eigenvalue weighted by Crippen LogP contribution is 2.00. The largest absolute Gasteiger partial charge is 0.465 e. The fourth-order valence-electron chi connectivity index (χ4n) is 1.35. The number of esters is 1. The maximum Gasteiger partial charge on any atom is 0.325 e. The molecule has 0 spiro atoms. The van der Waals surface area contributed by atoms with E-state index in [9.17, 15) is 4.79 Å². The lowest BCUT2D eigenvalue weighted by atomic mass is 10.1. The molecule has 0 fully saturated rings. The third kappa shape index (κ3) is 9.12. The molecular weight excluding hydrogens is 218 g/mol. The summed E-state index contributed by atoms with van der Waals surface area (Å²) in [7, 11) is 0. The van der Waals surface area contributed by atoms with E-state index in [0.29, 0.717) is 25.7 Å². The van der Waals surface area contributed by atoms with Gasteiger partial charge in [-0.05, 0) is 19.3 Å². The van der Waals surface area contributed by atoms with E-state index in [-0.39, 0.29) is 18.1 Å². The Balaban J connectivity index is 3.97. The Hall–Kier alpha value is -0.610. The normalized spacial score (nSPS) is 13.1. The van der Waals surface area contributed by atoms with Crippen molar-refractivity contribution in [2.45, 2.75) is 53.1 Å². The summed E-state index contributed by atoms with van der Waals surface area (Å²) in [6.45, 7) is 11.6.